The molecule has 0 amide bonds. The van der Waals surface area contributed by atoms with Gasteiger partial charge in [-0.3, -0.25) is 4.79 Å². The first-order valence-corrected chi connectivity index (χ1v) is 9.20. The van der Waals surface area contributed by atoms with E-state index in [0.29, 0.717) is 16.3 Å². The molecule has 3 nitrogen and oxygen atoms in total. The van der Waals surface area contributed by atoms with Crippen molar-refractivity contribution >= 4 is 21.7 Å². The molecule has 0 heterocycles. The highest BCUT2D eigenvalue weighted by Gasteiger charge is 2.59. The summed E-state index contributed by atoms with van der Waals surface area (Å²) < 4.78 is 0.566. The average Bonchev–Trinajstić information content (AvgIpc) is 2.79. The van der Waals surface area contributed by atoms with E-state index in [1.165, 1.54) is 6.08 Å². The number of aliphatic hydroxyl groups is 2. The third-order valence-electron chi connectivity index (χ3n) is 7.13. The molecule has 0 unspecified atom stereocenters. The molecule has 0 aromatic heterocycles. The van der Waals surface area contributed by atoms with Crippen LogP contribution in [0.25, 0.3) is 0 Å². The second-order valence-corrected chi connectivity index (χ2v) is 8.66. The molecule has 4 rings (SSSR count). The molecule has 0 aromatic rings. The second kappa shape index (κ2) is 4.78. The maximum atomic E-state index is 11.9. The fourth-order valence-corrected chi connectivity index (χ4v) is 6.53. The minimum atomic E-state index is -0.968. The van der Waals surface area contributed by atoms with E-state index in [-0.39, 0.29) is 23.2 Å². The number of aliphatic hydroxyl groups excluding tert-OH is 1. The van der Waals surface area contributed by atoms with Gasteiger partial charge in [-0.25, -0.2) is 0 Å². The summed E-state index contributed by atoms with van der Waals surface area (Å²) in [6.45, 7) is 2.23. The van der Waals surface area contributed by atoms with Crippen molar-refractivity contribution in [1.29, 1.82) is 0 Å². The standard InChI is InChI=1S/C18H23BrO3/c1-17-8-6-12-10(11(17)4-5-15(17)21)2-3-13-16(19)14(20)7-9-18(12,13)22/h7,9-12,15,21-22H,2-6,8H2,1H3/t10-,11-,12-,15-,17-,18-/m0/s1. The molecule has 22 heavy (non-hydrogen) atoms. The smallest absolute Gasteiger partial charge is 0.192 e. The van der Waals surface area contributed by atoms with Crippen molar-refractivity contribution in [3.63, 3.8) is 0 Å². The van der Waals surface area contributed by atoms with Gasteiger partial charge in [-0.15, -0.1) is 0 Å². The predicted molar refractivity (Wildman–Crippen MR) is 87.3 cm³/mol. The van der Waals surface area contributed by atoms with Gasteiger partial charge in [0.05, 0.1) is 10.6 Å². The lowest BCUT2D eigenvalue weighted by atomic mass is 9.51. The Balaban J connectivity index is 1.73. The summed E-state index contributed by atoms with van der Waals surface area (Å²) in [4.78, 5) is 11.9. The summed E-state index contributed by atoms with van der Waals surface area (Å²) >= 11 is 3.40. The van der Waals surface area contributed by atoms with Gasteiger partial charge >= 0.3 is 0 Å². The number of carbonyl (C=O) groups is 1. The summed E-state index contributed by atoms with van der Waals surface area (Å²) in [5.74, 6) is 1.09. The number of carbonyl (C=O) groups excluding carboxylic acids is 1. The average molecular weight is 367 g/mol. The van der Waals surface area contributed by atoms with Crippen LogP contribution in [0.3, 0.4) is 0 Å². The molecule has 0 bridgehead atoms. The van der Waals surface area contributed by atoms with Crippen molar-refractivity contribution in [2.45, 2.75) is 57.2 Å². The molecule has 0 radical (unpaired) electrons. The monoisotopic (exact) mass is 366 g/mol. The third-order valence-corrected chi connectivity index (χ3v) is 8.00. The third kappa shape index (κ3) is 1.78. The number of ketones is 1. The summed E-state index contributed by atoms with van der Waals surface area (Å²) in [5.41, 5.74) is -0.0715. The largest absolute Gasteiger partial charge is 0.393 e. The van der Waals surface area contributed by atoms with E-state index in [1.807, 2.05) is 0 Å². The van der Waals surface area contributed by atoms with E-state index >= 15 is 0 Å². The Hall–Kier alpha value is -0.450. The Morgan fingerprint density at radius 1 is 1.23 bits per heavy atom. The molecule has 4 aliphatic rings. The fraction of sp³-hybridized carbons (Fsp3) is 0.722. The van der Waals surface area contributed by atoms with E-state index in [9.17, 15) is 15.0 Å². The van der Waals surface area contributed by atoms with Gasteiger partial charge in [-0.05, 0) is 95.3 Å². The molecular formula is C18H23BrO3. The molecule has 0 spiro atoms. The fourth-order valence-electron chi connectivity index (χ4n) is 5.88. The Morgan fingerprint density at radius 3 is 2.77 bits per heavy atom. The van der Waals surface area contributed by atoms with Crippen molar-refractivity contribution in [1.82, 2.24) is 0 Å². The molecule has 120 valence electrons. The van der Waals surface area contributed by atoms with Crippen LogP contribution in [0.2, 0.25) is 0 Å². The second-order valence-electron chi connectivity index (χ2n) is 7.87. The van der Waals surface area contributed by atoms with E-state index in [1.54, 1.807) is 6.08 Å². The summed E-state index contributed by atoms with van der Waals surface area (Å²) in [5, 5.41) is 21.8. The topological polar surface area (TPSA) is 57.5 Å². The van der Waals surface area contributed by atoms with Crippen LogP contribution in [0.4, 0.5) is 0 Å². The Bertz CT molecular complexity index is 595. The van der Waals surface area contributed by atoms with Crippen LogP contribution in [-0.4, -0.2) is 27.7 Å². The summed E-state index contributed by atoms with van der Waals surface area (Å²) in [7, 11) is 0. The first-order chi connectivity index (χ1) is 10.4. The lowest BCUT2D eigenvalue weighted by Crippen LogP contribution is -2.54. The van der Waals surface area contributed by atoms with Crippen LogP contribution in [0.1, 0.15) is 45.4 Å². The van der Waals surface area contributed by atoms with Crippen LogP contribution in [0, 0.1) is 23.2 Å². The summed E-state index contributed by atoms with van der Waals surface area (Å²) in [6, 6.07) is 0. The molecule has 4 heteroatoms. The van der Waals surface area contributed by atoms with Gasteiger partial charge in [0.2, 0.25) is 0 Å². The minimum absolute atomic E-state index is 0.0180. The Kier molecular flexibility index (Phi) is 3.28. The number of halogens is 1. The zero-order valence-electron chi connectivity index (χ0n) is 12.9. The van der Waals surface area contributed by atoms with Crippen molar-refractivity contribution in [2.75, 3.05) is 0 Å². The van der Waals surface area contributed by atoms with Gasteiger partial charge < -0.3 is 10.2 Å². The van der Waals surface area contributed by atoms with Crippen molar-refractivity contribution < 1.29 is 15.0 Å². The van der Waals surface area contributed by atoms with E-state index in [2.05, 4.69) is 22.9 Å². The lowest BCUT2D eigenvalue weighted by Gasteiger charge is -2.55. The number of allylic oxidation sites excluding steroid dienone is 2. The quantitative estimate of drug-likeness (QED) is 0.692. The molecule has 6 atom stereocenters. The molecule has 3 fully saturated rings. The highest BCUT2D eigenvalue weighted by molar-refractivity contribution is 9.12. The highest BCUT2D eigenvalue weighted by atomic mass is 79.9. The molecular weight excluding hydrogens is 344 g/mol. The number of hydrogen-bond acceptors (Lipinski definition) is 3. The molecule has 2 N–H and O–H groups in total. The minimum Gasteiger partial charge on any atom is -0.393 e. The van der Waals surface area contributed by atoms with E-state index < -0.39 is 5.60 Å². The SMILES string of the molecule is C[C@]12CC[C@H]3[C@@H](CCC4=C(Br)C(=O)C=C[C@@]43O)[C@@H]1CC[C@@H]2O. The number of rotatable bonds is 0. The van der Waals surface area contributed by atoms with Crippen LogP contribution in [-0.2, 0) is 4.79 Å². The van der Waals surface area contributed by atoms with Crippen LogP contribution in [0.5, 0.6) is 0 Å². The van der Waals surface area contributed by atoms with Gasteiger partial charge in [-0.2, -0.15) is 0 Å². The van der Waals surface area contributed by atoms with Crippen molar-refractivity contribution in [3.8, 4) is 0 Å². The molecule has 0 saturated heterocycles. The first-order valence-electron chi connectivity index (χ1n) is 8.41. The van der Waals surface area contributed by atoms with Crippen molar-refractivity contribution in [2.24, 2.45) is 23.2 Å². The lowest BCUT2D eigenvalue weighted by molar-refractivity contribution is -0.113. The number of fused-ring (bicyclic) bond motifs is 5. The number of hydrogen-bond donors (Lipinski definition) is 2. The Labute approximate surface area is 139 Å². The van der Waals surface area contributed by atoms with Crippen molar-refractivity contribution in [3.05, 3.63) is 22.2 Å². The van der Waals surface area contributed by atoms with Gasteiger partial charge in [0.15, 0.2) is 5.78 Å². The van der Waals surface area contributed by atoms with Gasteiger partial charge in [0.25, 0.3) is 0 Å². The molecule has 3 saturated carbocycles. The zero-order valence-corrected chi connectivity index (χ0v) is 14.5. The maximum absolute atomic E-state index is 11.9. The highest BCUT2D eigenvalue weighted by Crippen LogP contribution is 2.62. The molecule has 0 aromatic carbocycles. The Morgan fingerprint density at radius 2 is 2.00 bits per heavy atom. The van der Waals surface area contributed by atoms with E-state index in [0.717, 1.165) is 44.1 Å². The molecule has 4 aliphatic carbocycles. The predicted octanol–water partition coefficient (Wildman–Crippen LogP) is 3.10. The van der Waals surface area contributed by atoms with Crippen LogP contribution >= 0.6 is 15.9 Å². The first kappa shape index (κ1) is 15.1. The van der Waals surface area contributed by atoms with Crippen LogP contribution in [0.15, 0.2) is 22.2 Å². The maximum Gasteiger partial charge on any atom is 0.192 e. The zero-order chi connectivity index (χ0) is 15.7. The normalized spacial score (nSPS) is 50.6. The van der Waals surface area contributed by atoms with E-state index in [4.69, 9.17) is 0 Å². The van der Waals surface area contributed by atoms with Crippen LogP contribution < -0.4 is 0 Å². The van der Waals surface area contributed by atoms with Gasteiger partial charge in [0, 0.05) is 0 Å². The van der Waals surface area contributed by atoms with Gasteiger partial charge in [-0.1, -0.05) is 6.92 Å². The summed E-state index contributed by atoms with van der Waals surface area (Å²) in [6.07, 6.45) is 8.71. The van der Waals surface area contributed by atoms with Gasteiger partial charge in [0.1, 0.15) is 5.60 Å². The molecule has 0 aliphatic heterocycles.